The number of H-pyrrole nitrogens is 1. The molecule has 0 unspecified atom stereocenters. The molecule has 2 aromatic carbocycles. The molecular formula is C25H24F2N2O5. The number of esters is 1. The van der Waals surface area contributed by atoms with Crippen molar-refractivity contribution >= 4 is 28.4 Å². The van der Waals surface area contributed by atoms with Crippen molar-refractivity contribution in [1.82, 2.24) is 9.88 Å². The third kappa shape index (κ3) is 4.50. The van der Waals surface area contributed by atoms with Crippen molar-refractivity contribution in [1.29, 1.82) is 0 Å². The van der Waals surface area contributed by atoms with E-state index in [2.05, 4.69) is 9.72 Å². The maximum Gasteiger partial charge on any atom is 0.381 e. The lowest BCUT2D eigenvalue weighted by atomic mass is 9.86. The average molecular weight is 470 g/mol. The molecule has 9 heteroatoms. The van der Waals surface area contributed by atoms with Gasteiger partial charge < -0.3 is 19.4 Å². The zero-order valence-corrected chi connectivity index (χ0v) is 18.8. The predicted molar refractivity (Wildman–Crippen MR) is 120 cm³/mol. The molecule has 4 rings (SSSR count). The molecule has 7 nitrogen and oxygen atoms in total. The number of carbonyl (C=O) groups excluding carboxylic acids is 3. The van der Waals surface area contributed by atoms with Crippen LogP contribution >= 0.6 is 0 Å². The molecule has 1 aliphatic rings. The molecule has 2 heterocycles. The Kier molecular flexibility index (Phi) is 6.37. The van der Waals surface area contributed by atoms with Gasteiger partial charge in [-0.25, -0.2) is 13.6 Å². The van der Waals surface area contributed by atoms with Gasteiger partial charge in [0.2, 0.25) is 0 Å². The standard InChI is InChI=1S/C25H24F2N2O5/c1-33-20-11-16-14-28-21(22(30)24(32)34-2)18(16)12-19(20)23(31)29-9-7-25(27,8-10-29)13-15-3-5-17(26)6-4-15/h3-6,11-12,14,28H,7-10,13H2,1-2H3. The first-order valence-electron chi connectivity index (χ1n) is 10.8. The summed E-state index contributed by atoms with van der Waals surface area (Å²) in [6.07, 6.45) is 1.96. The monoisotopic (exact) mass is 470 g/mol. The molecule has 0 radical (unpaired) electrons. The van der Waals surface area contributed by atoms with Gasteiger partial charge in [0.15, 0.2) is 0 Å². The predicted octanol–water partition coefficient (Wildman–Crippen LogP) is 3.86. The van der Waals surface area contributed by atoms with Gasteiger partial charge in [-0.05, 0) is 42.7 Å². The number of hydrogen-bond donors (Lipinski definition) is 1. The zero-order chi connectivity index (χ0) is 24.5. The number of aromatic amines is 1. The Morgan fingerprint density at radius 3 is 2.38 bits per heavy atom. The van der Waals surface area contributed by atoms with E-state index in [0.29, 0.717) is 22.1 Å². The van der Waals surface area contributed by atoms with E-state index in [1.165, 1.54) is 31.5 Å². The normalized spacial score (nSPS) is 15.2. The number of benzene rings is 2. The fourth-order valence-electron chi connectivity index (χ4n) is 4.30. The minimum Gasteiger partial charge on any atom is -0.496 e. The van der Waals surface area contributed by atoms with E-state index >= 15 is 4.39 Å². The number of alkyl halides is 1. The van der Waals surface area contributed by atoms with Crippen LogP contribution in [0.4, 0.5) is 8.78 Å². The molecule has 1 aromatic heterocycles. The van der Waals surface area contributed by atoms with Gasteiger partial charge in [-0.2, -0.15) is 0 Å². The largest absolute Gasteiger partial charge is 0.496 e. The van der Waals surface area contributed by atoms with Gasteiger partial charge in [0.25, 0.3) is 11.7 Å². The molecule has 0 spiro atoms. The van der Waals surface area contributed by atoms with Gasteiger partial charge in [0, 0.05) is 36.5 Å². The Balaban J connectivity index is 1.55. The number of carbonyl (C=O) groups is 3. The fraction of sp³-hybridized carbons (Fsp3) is 0.320. The molecule has 1 amide bonds. The summed E-state index contributed by atoms with van der Waals surface area (Å²) in [5, 5.41) is 0.967. The van der Waals surface area contributed by atoms with Crippen molar-refractivity contribution in [2.45, 2.75) is 24.9 Å². The topological polar surface area (TPSA) is 88.7 Å². The Hall–Kier alpha value is -3.75. The van der Waals surface area contributed by atoms with Crippen molar-refractivity contribution in [2.24, 2.45) is 0 Å². The van der Waals surface area contributed by atoms with E-state index < -0.39 is 17.4 Å². The summed E-state index contributed by atoms with van der Waals surface area (Å²) in [4.78, 5) is 41.7. The van der Waals surface area contributed by atoms with Crippen molar-refractivity contribution in [3.8, 4) is 5.75 Å². The van der Waals surface area contributed by atoms with E-state index in [0.717, 1.165) is 7.11 Å². The first-order chi connectivity index (χ1) is 16.2. The molecule has 0 saturated carbocycles. The molecule has 0 bridgehead atoms. The summed E-state index contributed by atoms with van der Waals surface area (Å²) >= 11 is 0. The van der Waals surface area contributed by atoms with Gasteiger partial charge in [0.05, 0.1) is 19.8 Å². The summed E-state index contributed by atoms with van der Waals surface area (Å²) < 4.78 is 38.5. The number of fused-ring (bicyclic) bond motifs is 1. The number of hydrogen-bond acceptors (Lipinski definition) is 5. The molecule has 1 fully saturated rings. The van der Waals surface area contributed by atoms with Gasteiger partial charge >= 0.3 is 5.97 Å². The van der Waals surface area contributed by atoms with Crippen LogP contribution in [0.5, 0.6) is 5.75 Å². The number of rotatable bonds is 6. The van der Waals surface area contributed by atoms with Crippen LogP contribution < -0.4 is 4.74 Å². The molecule has 178 valence electrons. The Labute approximate surface area is 194 Å². The Bertz CT molecular complexity index is 1240. The van der Waals surface area contributed by atoms with E-state index in [9.17, 15) is 18.8 Å². The van der Waals surface area contributed by atoms with Crippen LogP contribution in [-0.2, 0) is 16.0 Å². The number of amides is 1. The number of likely N-dealkylation sites (tertiary alicyclic amines) is 1. The quantitative estimate of drug-likeness (QED) is 0.336. The van der Waals surface area contributed by atoms with Crippen LogP contribution in [0.25, 0.3) is 10.8 Å². The number of Topliss-reactive ketones (excluding diaryl/α,β-unsaturated/α-hetero) is 1. The molecule has 1 aliphatic heterocycles. The second-order valence-electron chi connectivity index (χ2n) is 8.37. The number of ketones is 1. The SMILES string of the molecule is COC(=O)C(=O)c1[nH]cc2cc(OC)c(C(=O)N3CCC(F)(Cc4ccc(F)cc4)CC3)cc12. The molecule has 3 aromatic rings. The number of nitrogens with one attached hydrogen (secondary N) is 1. The Morgan fingerprint density at radius 1 is 1.09 bits per heavy atom. The number of methoxy groups -OCH3 is 2. The minimum atomic E-state index is -1.50. The maximum absolute atomic E-state index is 15.4. The lowest BCUT2D eigenvalue weighted by molar-refractivity contribution is -0.135. The first kappa shape index (κ1) is 23.4. The number of nitrogens with zero attached hydrogens (tertiary/aromatic N) is 1. The summed E-state index contributed by atoms with van der Waals surface area (Å²) in [7, 11) is 2.54. The fourth-order valence-corrected chi connectivity index (χ4v) is 4.30. The van der Waals surface area contributed by atoms with Gasteiger partial charge in [-0.1, -0.05) is 12.1 Å². The van der Waals surface area contributed by atoms with Crippen LogP contribution in [-0.4, -0.2) is 60.5 Å². The zero-order valence-electron chi connectivity index (χ0n) is 18.8. The second-order valence-corrected chi connectivity index (χ2v) is 8.37. The summed E-state index contributed by atoms with van der Waals surface area (Å²) in [6, 6.07) is 8.85. The van der Waals surface area contributed by atoms with Crippen molar-refractivity contribution in [3.05, 3.63) is 65.2 Å². The van der Waals surface area contributed by atoms with E-state index in [4.69, 9.17) is 4.74 Å². The van der Waals surface area contributed by atoms with Gasteiger partial charge in [-0.3, -0.25) is 9.59 Å². The molecule has 0 aliphatic carbocycles. The first-order valence-corrected chi connectivity index (χ1v) is 10.8. The van der Waals surface area contributed by atoms with Crippen LogP contribution in [0.15, 0.2) is 42.6 Å². The molecule has 0 atom stereocenters. The van der Waals surface area contributed by atoms with Crippen molar-refractivity contribution in [2.75, 3.05) is 27.3 Å². The van der Waals surface area contributed by atoms with E-state index in [-0.39, 0.29) is 55.3 Å². The number of halogens is 2. The van der Waals surface area contributed by atoms with Crippen LogP contribution in [0.2, 0.25) is 0 Å². The van der Waals surface area contributed by atoms with E-state index in [1.54, 1.807) is 23.1 Å². The minimum absolute atomic E-state index is 0.0132. The molecule has 34 heavy (non-hydrogen) atoms. The molecule has 1 saturated heterocycles. The third-order valence-corrected chi connectivity index (χ3v) is 6.22. The third-order valence-electron chi connectivity index (χ3n) is 6.22. The van der Waals surface area contributed by atoms with Crippen LogP contribution in [0, 0.1) is 5.82 Å². The van der Waals surface area contributed by atoms with Gasteiger partial charge in [-0.15, -0.1) is 0 Å². The highest BCUT2D eigenvalue weighted by atomic mass is 19.1. The molecule has 1 N–H and O–H groups in total. The number of piperidine rings is 1. The second kappa shape index (κ2) is 9.24. The average Bonchev–Trinajstić information content (AvgIpc) is 3.26. The number of ether oxygens (including phenoxy) is 2. The highest BCUT2D eigenvalue weighted by Gasteiger charge is 2.37. The highest BCUT2D eigenvalue weighted by molar-refractivity contribution is 6.42. The maximum atomic E-state index is 15.4. The summed E-state index contributed by atoms with van der Waals surface area (Å²) in [6.45, 7) is 0.387. The smallest absolute Gasteiger partial charge is 0.381 e. The highest BCUT2D eigenvalue weighted by Crippen LogP contribution is 2.34. The van der Waals surface area contributed by atoms with Crippen molar-refractivity contribution < 1.29 is 32.6 Å². The lowest BCUT2D eigenvalue weighted by Gasteiger charge is -2.36. The van der Waals surface area contributed by atoms with Gasteiger partial charge in [0.1, 0.15) is 22.9 Å². The Morgan fingerprint density at radius 2 is 1.76 bits per heavy atom. The number of aromatic nitrogens is 1. The van der Waals surface area contributed by atoms with Crippen LogP contribution in [0.1, 0.15) is 39.3 Å². The van der Waals surface area contributed by atoms with Crippen molar-refractivity contribution in [3.63, 3.8) is 0 Å². The lowest BCUT2D eigenvalue weighted by Crippen LogP contribution is -2.45. The summed E-state index contributed by atoms with van der Waals surface area (Å²) in [5.74, 6) is -2.31. The molecular weight excluding hydrogens is 446 g/mol. The summed E-state index contributed by atoms with van der Waals surface area (Å²) in [5.41, 5.74) is -0.577. The van der Waals surface area contributed by atoms with Crippen LogP contribution in [0.3, 0.4) is 0 Å². The van der Waals surface area contributed by atoms with E-state index in [1.807, 2.05) is 0 Å².